The summed E-state index contributed by atoms with van der Waals surface area (Å²) in [6, 6.07) is -4.39. The van der Waals surface area contributed by atoms with Crippen LogP contribution in [0.4, 0.5) is 0 Å². The number of thioether (sulfide) groups is 3. The van der Waals surface area contributed by atoms with Crippen molar-refractivity contribution in [2.75, 3.05) is 36.0 Å². The Labute approximate surface area is 461 Å². The molecular formula is C49H79N11O14S3. The van der Waals surface area contributed by atoms with Gasteiger partial charge in [-0.15, -0.1) is 0 Å². The summed E-state index contributed by atoms with van der Waals surface area (Å²) in [5.74, 6) is -11.7. The van der Waals surface area contributed by atoms with E-state index >= 15 is 0 Å². The van der Waals surface area contributed by atoms with Crippen LogP contribution in [0.5, 0.6) is 0 Å². The summed E-state index contributed by atoms with van der Waals surface area (Å²) in [7, 11) is 0. The lowest BCUT2D eigenvalue weighted by Crippen LogP contribution is -2.61. The fraction of sp³-hybridized carbons (Fsp3) is 0.633. The van der Waals surface area contributed by atoms with Crippen molar-refractivity contribution in [2.45, 2.75) is 146 Å². The highest BCUT2D eigenvalue weighted by atomic mass is 32.2. The molecule has 1 aromatic carbocycles. The normalized spacial score (nSPS) is 14.6. The minimum Gasteiger partial charge on any atom is -0.481 e. The molecule has 1 aromatic rings. The molecule has 0 saturated heterocycles. The van der Waals surface area contributed by atoms with Crippen LogP contribution in [0.2, 0.25) is 0 Å². The predicted molar refractivity (Wildman–Crippen MR) is 294 cm³/mol. The number of amides is 10. The molecule has 28 heteroatoms. The lowest BCUT2D eigenvalue weighted by Gasteiger charge is -2.28. The van der Waals surface area contributed by atoms with Crippen LogP contribution in [0.25, 0.3) is 0 Å². The SMILES string of the molecule is CSCC[C@H](NC(=O)[C@H](CC(C)C)NC(=O)[C@H](CCC(N)=O)NC(=O)[C@H](CC(=O)O)NC(=O)[C@H](CC(N)=O)NC(=O)[C@H](CCSC)NC(=O)[C@@H](N)CCSC)C(=O)N[C@@H](Cc1ccccc1)C(=O)N[C@@H](CC(C)C)C(=O)O. The molecule has 0 aliphatic carbocycles. The molecule has 25 nitrogen and oxygen atoms in total. The van der Waals surface area contributed by atoms with Gasteiger partial charge >= 0.3 is 11.9 Å². The van der Waals surface area contributed by atoms with Gasteiger partial charge < -0.3 is 69.9 Å². The summed E-state index contributed by atoms with van der Waals surface area (Å²) in [6.45, 7) is 7.03. The Morgan fingerprint density at radius 2 is 0.818 bits per heavy atom. The zero-order valence-corrected chi connectivity index (χ0v) is 47.1. The molecule has 0 aliphatic heterocycles. The number of carboxylic acids is 2. The van der Waals surface area contributed by atoms with Crippen LogP contribution in [0.3, 0.4) is 0 Å². The maximum Gasteiger partial charge on any atom is 0.326 e. The van der Waals surface area contributed by atoms with Gasteiger partial charge in [0.15, 0.2) is 0 Å². The molecule has 0 heterocycles. The molecule has 16 N–H and O–H groups in total. The summed E-state index contributed by atoms with van der Waals surface area (Å²) < 4.78 is 0. The molecule has 10 amide bonds. The topological polar surface area (TPSA) is 420 Å². The van der Waals surface area contributed by atoms with Gasteiger partial charge in [0.2, 0.25) is 59.1 Å². The quantitative estimate of drug-likeness (QED) is 0.0356. The number of hydrogen-bond acceptors (Lipinski definition) is 16. The molecule has 0 unspecified atom stereocenters. The largest absolute Gasteiger partial charge is 0.481 e. The van der Waals surface area contributed by atoms with Crippen molar-refractivity contribution in [3.63, 3.8) is 0 Å². The first-order valence-corrected chi connectivity index (χ1v) is 29.1. The monoisotopic (exact) mass is 1140 g/mol. The second-order valence-electron chi connectivity index (χ2n) is 19.0. The average molecular weight is 1140 g/mol. The molecule has 0 aliphatic rings. The average Bonchev–Trinajstić information content (AvgIpc) is 3.34. The molecule has 0 fully saturated rings. The first-order valence-electron chi connectivity index (χ1n) is 24.9. The van der Waals surface area contributed by atoms with Gasteiger partial charge in [0, 0.05) is 12.8 Å². The van der Waals surface area contributed by atoms with E-state index in [4.69, 9.17) is 17.2 Å². The maximum absolute atomic E-state index is 14.2. The molecule has 0 spiro atoms. The molecule has 9 atom stereocenters. The number of rotatable bonds is 39. The van der Waals surface area contributed by atoms with E-state index in [2.05, 4.69) is 42.5 Å². The van der Waals surface area contributed by atoms with Gasteiger partial charge in [-0.2, -0.15) is 35.3 Å². The highest BCUT2D eigenvalue weighted by Gasteiger charge is 2.36. The Morgan fingerprint density at radius 3 is 1.26 bits per heavy atom. The van der Waals surface area contributed by atoms with Crippen LogP contribution in [-0.4, -0.2) is 172 Å². The van der Waals surface area contributed by atoms with Crippen LogP contribution in [-0.2, 0) is 64.0 Å². The number of primary amides is 2. The number of carbonyl (C=O) groups is 12. The Kier molecular flexibility index (Phi) is 32.9. The molecule has 0 saturated carbocycles. The van der Waals surface area contributed by atoms with E-state index in [1.165, 1.54) is 35.3 Å². The number of aliphatic carboxylic acids is 2. The van der Waals surface area contributed by atoms with Crippen LogP contribution >= 0.6 is 35.3 Å². The van der Waals surface area contributed by atoms with Crippen molar-refractivity contribution < 1.29 is 67.7 Å². The number of hydrogen-bond donors (Lipinski definition) is 13. The fourth-order valence-corrected chi connectivity index (χ4v) is 8.81. The van der Waals surface area contributed by atoms with Crippen molar-refractivity contribution in [2.24, 2.45) is 29.0 Å². The van der Waals surface area contributed by atoms with Gasteiger partial charge in [0.25, 0.3) is 0 Å². The third kappa shape index (κ3) is 28.2. The number of nitrogens with two attached hydrogens (primary N) is 3. The van der Waals surface area contributed by atoms with E-state index in [9.17, 15) is 67.7 Å². The molecular weight excluding hydrogens is 1060 g/mol. The second-order valence-corrected chi connectivity index (χ2v) is 22.0. The van der Waals surface area contributed by atoms with Crippen LogP contribution in [0.15, 0.2) is 30.3 Å². The van der Waals surface area contributed by atoms with E-state index in [1.807, 2.05) is 6.26 Å². The minimum absolute atomic E-state index is 0.0339. The van der Waals surface area contributed by atoms with Crippen molar-refractivity contribution in [3.05, 3.63) is 35.9 Å². The Hall–Kier alpha value is -6.13. The summed E-state index contributed by atoms with van der Waals surface area (Å²) in [5, 5.41) is 39.4. The lowest BCUT2D eigenvalue weighted by atomic mass is 10.0. The smallest absolute Gasteiger partial charge is 0.326 e. The molecule has 0 bridgehead atoms. The van der Waals surface area contributed by atoms with E-state index in [0.29, 0.717) is 29.2 Å². The van der Waals surface area contributed by atoms with Gasteiger partial charge in [-0.3, -0.25) is 52.7 Å². The van der Waals surface area contributed by atoms with Crippen LogP contribution in [0, 0.1) is 11.8 Å². The zero-order chi connectivity index (χ0) is 58.4. The van der Waals surface area contributed by atoms with Crippen molar-refractivity contribution in [3.8, 4) is 0 Å². The van der Waals surface area contributed by atoms with Gasteiger partial charge in [-0.25, -0.2) is 4.79 Å². The first-order chi connectivity index (χ1) is 36.2. The lowest BCUT2D eigenvalue weighted by molar-refractivity contribution is -0.143. The number of carboxylic acid groups (broad SMARTS) is 2. The van der Waals surface area contributed by atoms with Crippen LogP contribution < -0.4 is 59.7 Å². The Morgan fingerprint density at radius 1 is 0.455 bits per heavy atom. The van der Waals surface area contributed by atoms with E-state index in [1.54, 1.807) is 70.5 Å². The first kappa shape index (κ1) is 68.9. The number of nitrogens with one attached hydrogen (secondary N) is 8. The highest BCUT2D eigenvalue weighted by Crippen LogP contribution is 2.13. The standard InChI is InChI=1S/C49H79N11O14S3/c1-26(2)21-33(45(69)55-32(17-20-77-7)44(68)57-34(23-28-11-9-8-10-12-28)46(70)60-37(49(73)74)22-27(3)4)56-42(66)30(13-14-38(51)61)54-48(72)36(25-40(63)64)59-47(71)35(24-39(52)62)58-43(67)31(16-19-76-6)53-41(65)29(50)15-18-75-5/h8-12,26-27,29-37H,13-25,50H2,1-7H3,(H2,51,61)(H2,52,62)(H,53,65)(H,54,72)(H,55,69)(H,56,66)(H,57,68)(H,58,67)(H,59,71)(H,60,70)(H,63,64)(H,73,74)/t29-,30-,31-,32-,33-,34-,35-,36-,37-/m0/s1. The van der Waals surface area contributed by atoms with Crippen molar-refractivity contribution >= 4 is 106 Å². The van der Waals surface area contributed by atoms with E-state index < -0.39 is 151 Å². The number of carbonyl (C=O) groups excluding carboxylic acids is 10. The van der Waals surface area contributed by atoms with Crippen LogP contribution in [0.1, 0.15) is 91.0 Å². The minimum atomic E-state index is -2.00. The fourth-order valence-electron chi connectivity index (χ4n) is 7.37. The third-order valence-corrected chi connectivity index (χ3v) is 13.3. The number of benzene rings is 1. The summed E-state index contributed by atoms with van der Waals surface area (Å²) in [4.78, 5) is 159. The summed E-state index contributed by atoms with van der Waals surface area (Å²) in [6.07, 6.45) is 2.78. The van der Waals surface area contributed by atoms with Gasteiger partial charge in [0.05, 0.1) is 18.9 Å². The predicted octanol–water partition coefficient (Wildman–Crippen LogP) is -1.51. The molecule has 0 radical (unpaired) electrons. The van der Waals surface area contributed by atoms with Gasteiger partial charge in [-0.1, -0.05) is 58.0 Å². The van der Waals surface area contributed by atoms with Gasteiger partial charge in [0.1, 0.15) is 48.3 Å². The Balaban J connectivity index is 3.53. The van der Waals surface area contributed by atoms with Crippen molar-refractivity contribution in [1.29, 1.82) is 0 Å². The maximum atomic E-state index is 14.2. The van der Waals surface area contributed by atoms with E-state index in [0.717, 1.165) is 0 Å². The van der Waals surface area contributed by atoms with E-state index in [-0.39, 0.29) is 43.9 Å². The second kappa shape index (κ2) is 36.8. The zero-order valence-electron chi connectivity index (χ0n) is 44.7. The van der Waals surface area contributed by atoms with Gasteiger partial charge in [-0.05, 0) is 92.0 Å². The highest BCUT2D eigenvalue weighted by molar-refractivity contribution is 7.98. The summed E-state index contributed by atoms with van der Waals surface area (Å²) in [5.41, 5.74) is 17.4. The molecule has 77 heavy (non-hydrogen) atoms. The third-order valence-electron chi connectivity index (χ3n) is 11.4. The van der Waals surface area contributed by atoms with Crippen molar-refractivity contribution in [1.82, 2.24) is 42.5 Å². The molecule has 432 valence electrons. The molecule has 1 rings (SSSR count). The molecule has 0 aromatic heterocycles. The summed E-state index contributed by atoms with van der Waals surface area (Å²) >= 11 is 4.15. The Bertz CT molecular complexity index is 2160.